The van der Waals surface area contributed by atoms with Gasteiger partial charge in [0.05, 0.1) is 12.0 Å². The fourth-order valence-electron chi connectivity index (χ4n) is 9.52. The van der Waals surface area contributed by atoms with E-state index in [1.165, 1.54) is 0 Å². The standard InChI is InChI=1S/C34H50N2O5/c1-21-14-17-36(6)20-25(21)30(39)35-31(40)41-27-19-32(4,18-24-10-8-7-9-11-24)29(38)23(3)34-15-12-22(2)33(27,5)28(34)26(37)13-16-34/h7-11,21-23,25,27-29,38H,12-20H2,1-6H3,(H,35,39,40)/t21-,22+,23-,25-,27+,28?,29-,32+,33-,34?/m0/s1. The smallest absolute Gasteiger partial charge is 0.414 e. The van der Waals surface area contributed by atoms with Gasteiger partial charge < -0.3 is 14.7 Å². The number of hydrogen-bond donors (Lipinski definition) is 2. The number of aliphatic hydroxyl groups is 1. The van der Waals surface area contributed by atoms with E-state index in [9.17, 15) is 19.5 Å². The Bertz CT molecular complexity index is 1160. The molecule has 0 aromatic heterocycles. The molecule has 2 amide bonds. The zero-order chi connectivity index (χ0) is 29.7. The van der Waals surface area contributed by atoms with Crippen LogP contribution in [0, 0.1) is 45.8 Å². The number of carbonyl (C=O) groups excluding carboxylic acids is 3. The van der Waals surface area contributed by atoms with Crippen molar-refractivity contribution in [2.75, 3.05) is 20.1 Å². The number of carbonyl (C=O) groups is 3. The number of nitrogens with one attached hydrogen (secondary N) is 1. The van der Waals surface area contributed by atoms with E-state index in [4.69, 9.17) is 4.74 Å². The van der Waals surface area contributed by atoms with Crippen LogP contribution in [-0.2, 0) is 20.7 Å². The van der Waals surface area contributed by atoms with Crippen molar-refractivity contribution in [2.24, 2.45) is 45.8 Å². The van der Waals surface area contributed by atoms with Crippen molar-refractivity contribution in [1.29, 1.82) is 0 Å². The van der Waals surface area contributed by atoms with Gasteiger partial charge in [-0.05, 0) is 80.8 Å². The molecule has 10 atom stereocenters. The molecule has 1 aliphatic heterocycles. The number of hydrogen-bond acceptors (Lipinski definition) is 6. The zero-order valence-corrected chi connectivity index (χ0v) is 25.8. The SMILES string of the molecule is C[C@@H]1CCC23CCC(=O)C2[C@]1(C)[C@H](OC(=O)NC(=O)[C@H]1CN(C)CC[C@@H]1C)C[C@@](C)(Cc1ccccc1)[C@@H](O)[C@@H]3C. The van der Waals surface area contributed by atoms with Crippen LogP contribution in [0.2, 0.25) is 0 Å². The molecule has 3 aliphatic carbocycles. The second-order valence-electron chi connectivity index (χ2n) is 14.7. The predicted molar refractivity (Wildman–Crippen MR) is 158 cm³/mol. The minimum atomic E-state index is -0.736. The van der Waals surface area contributed by atoms with Crippen molar-refractivity contribution in [3.63, 3.8) is 0 Å². The Balaban J connectivity index is 1.50. The molecule has 1 aromatic rings. The molecule has 1 saturated heterocycles. The minimum Gasteiger partial charge on any atom is -0.445 e. The van der Waals surface area contributed by atoms with Gasteiger partial charge in [0.25, 0.3) is 0 Å². The number of benzene rings is 1. The average molecular weight is 567 g/mol. The van der Waals surface area contributed by atoms with E-state index >= 15 is 0 Å². The number of amides is 2. The number of likely N-dealkylation sites (tertiary alicyclic amines) is 1. The van der Waals surface area contributed by atoms with Gasteiger partial charge >= 0.3 is 6.09 Å². The molecule has 5 rings (SSSR count). The fourth-order valence-corrected chi connectivity index (χ4v) is 9.52. The number of nitrogens with zero attached hydrogens (tertiary/aromatic N) is 1. The van der Waals surface area contributed by atoms with E-state index in [1.54, 1.807) is 0 Å². The van der Waals surface area contributed by atoms with Crippen molar-refractivity contribution in [3.8, 4) is 0 Å². The molecule has 4 fully saturated rings. The maximum atomic E-state index is 13.7. The Morgan fingerprint density at radius 3 is 2.51 bits per heavy atom. The molecule has 2 unspecified atom stereocenters. The Morgan fingerprint density at radius 2 is 1.80 bits per heavy atom. The first kappa shape index (κ1) is 30.2. The number of ether oxygens (including phenoxy) is 1. The highest BCUT2D eigenvalue weighted by molar-refractivity contribution is 5.93. The van der Waals surface area contributed by atoms with Crippen LogP contribution in [0.4, 0.5) is 4.79 Å². The number of piperidine rings is 1. The molecule has 3 saturated carbocycles. The summed E-state index contributed by atoms with van der Waals surface area (Å²) in [6.45, 7) is 12.2. The van der Waals surface area contributed by atoms with E-state index in [-0.39, 0.29) is 46.7 Å². The fraction of sp³-hybridized carbons (Fsp3) is 0.735. The number of Topliss-reactive ketones (excluding diaryl/α,β-unsaturated/α-hetero) is 1. The monoisotopic (exact) mass is 566 g/mol. The molecule has 0 radical (unpaired) electrons. The molecule has 7 heteroatoms. The van der Waals surface area contributed by atoms with Gasteiger partial charge in [0.1, 0.15) is 11.9 Å². The third-order valence-corrected chi connectivity index (χ3v) is 12.3. The highest BCUT2D eigenvalue weighted by atomic mass is 16.6. The molecule has 2 bridgehead atoms. The molecule has 1 aromatic carbocycles. The second-order valence-corrected chi connectivity index (χ2v) is 14.7. The van der Waals surface area contributed by atoms with Gasteiger partial charge in [0.2, 0.25) is 5.91 Å². The van der Waals surface area contributed by atoms with Gasteiger partial charge in [-0.15, -0.1) is 0 Å². The van der Waals surface area contributed by atoms with Crippen LogP contribution < -0.4 is 5.32 Å². The third-order valence-electron chi connectivity index (χ3n) is 12.3. The van der Waals surface area contributed by atoms with Crippen LogP contribution in [0.3, 0.4) is 0 Å². The summed E-state index contributed by atoms with van der Waals surface area (Å²) in [5.41, 5.74) is -0.406. The van der Waals surface area contributed by atoms with Crippen LogP contribution in [0.25, 0.3) is 0 Å². The number of imide groups is 1. The van der Waals surface area contributed by atoms with Crippen LogP contribution in [-0.4, -0.2) is 60.1 Å². The molecule has 7 nitrogen and oxygen atoms in total. The Kier molecular flexibility index (Phi) is 8.19. The summed E-state index contributed by atoms with van der Waals surface area (Å²) in [7, 11) is 2.00. The summed E-state index contributed by atoms with van der Waals surface area (Å²) in [6, 6.07) is 10.2. The molecule has 226 valence electrons. The van der Waals surface area contributed by atoms with Crippen molar-refractivity contribution in [3.05, 3.63) is 35.9 Å². The first-order chi connectivity index (χ1) is 19.3. The van der Waals surface area contributed by atoms with Gasteiger partial charge in [0.15, 0.2) is 0 Å². The van der Waals surface area contributed by atoms with Gasteiger partial charge in [0, 0.05) is 29.7 Å². The van der Waals surface area contributed by atoms with Gasteiger partial charge in [-0.25, -0.2) is 4.79 Å². The summed E-state index contributed by atoms with van der Waals surface area (Å²) in [6.07, 6.45) is 2.99. The highest BCUT2D eigenvalue weighted by Gasteiger charge is 2.68. The van der Waals surface area contributed by atoms with Crippen LogP contribution in [0.5, 0.6) is 0 Å². The van der Waals surface area contributed by atoms with E-state index < -0.39 is 29.1 Å². The largest absolute Gasteiger partial charge is 0.445 e. The molecule has 0 spiro atoms. The van der Waals surface area contributed by atoms with Gasteiger partial charge in [-0.2, -0.15) is 0 Å². The van der Waals surface area contributed by atoms with Crippen molar-refractivity contribution >= 4 is 17.8 Å². The Hall–Kier alpha value is -2.25. The van der Waals surface area contributed by atoms with E-state index in [2.05, 4.69) is 57.0 Å². The van der Waals surface area contributed by atoms with Crippen LogP contribution in [0.1, 0.15) is 78.7 Å². The minimum absolute atomic E-state index is 0.0689. The zero-order valence-electron chi connectivity index (χ0n) is 25.8. The molecular weight excluding hydrogens is 516 g/mol. The number of alkyl carbamates (subject to hydrolysis) is 1. The highest BCUT2D eigenvalue weighted by Crippen LogP contribution is 2.68. The number of aliphatic hydroxyl groups excluding tert-OH is 1. The lowest BCUT2D eigenvalue weighted by molar-refractivity contribution is -0.198. The Labute approximate surface area is 245 Å². The quantitative estimate of drug-likeness (QED) is 0.517. The Morgan fingerprint density at radius 1 is 1.10 bits per heavy atom. The lowest BCUT2D eigenvalue weighted by atomic mass is 9.43. The first-order valence-electron chi connectivity index (χ1n) is 15.8. The number of rotatable bonds is 4. The first-order valence-corrected chi connectivity index (χ1v) is 15.8. The summed E-state index contributed by atoms with van der Waals surface area (Å²) in [5, 5.41) is 14.7. The lowest BCUT2D eigenvalue weighted by Crippen LogP contribution is -2.64. The van der Waals surface area contributed by atoms with Gasteiger partial charge in [-0.3, -0.25) is 14.9 Å². The molecule has 1 heterocycles. The van der Waals surface area contributed by atoms with Gasteiger partial charge in [-0.1, -0.05) is 65.0 Å². The van der Waals surface area contributed by atoms with E-state index in [0.717, 1.165) is 37.8 Å². The predicted octanol–water partition coefficient (Wildman–Crippen LogP) is 5.25. The molecule has 2 N–H and O–H groups in total. The van der Waals surface area contributed by atoms with Crippen molar-refractivity contribution < 1.29 is 24.2 Å². The summed E-state index contributed by atoms with van der Waals surface area (Å²) in [4.78, 5) is 42.6. The van der Waals surface area contributed by atoms with Crippen molar-refractivity contribution in [2.45, 2.75) is 91.8 Å². The normalized spacial score (nSPS) is 43.0. The average Bonchev–Trinajstić information content (AvgIpc) is 3.29. The second kappa shape index (κ2) is 11.1. The summed E-state index contributed by atoms with van der Waals surface area (Å²) < 4.78 is 6.33. The van der Waals surface area contributed by atoms with E-state index in [1.807, 2.05) is 25.2 Å². The molecular formula is C34H50N2O5. The maximum Gasteiger partial charge on any atom is 0.414 e. The number of ketones is 1. The third kappa shape index (κ3) is 5.15. The topological polar surface area (TPSA) is 95.9 Å². The molecule has 41 heavy (non-hydrogen) atoms. The molecule has 4 aliphatic rings. The van der Waals surface area contributed by atoms with Crippen LogP contribution in [0.15, 0.2) is 30.3 Å². The van der Waals surface area contributed by atoms with Crippen LogP contribution >= 0.6 is 0 Å². The summed E-state index contributed by atoms with van der Waals surface area (Å²) in [5.74, 6) is -0.378. The lowest BCUT2D eigenvalue weighted by Gasteiger charge is -2.62. The van der Waals surface area contributed by atoms with Crippen molar-refractivity contribution in [1.82, 2.24) is 10.2 Å². The van der Waals surface area contributed by atoms with E-state index in [0.29, 0.717) is 25.8 Å². The maximum absolute atomic E-state index is 13.7. The summed E-state index contributed by atoms with van der Waals surface area (Å²) >= 11 is 0.